The fourth-order valence-corrected chi connectivity index (χ4v) is 3.63. The van der Waals surface area contributed by atoms with Crippen LogP contribution in [0.4, 0.5) is 0 Å². The van der Waals surface area contributed by atoms with Crippen molar-refractivity contribution in [2.45, 2.75) is 24.9 Å². The third-order valence-electron chi connectivity index (χ3n) is 4.21. The number of aliphatic imine (C=N–C) groups is 1. The van der Waals surface area contributed by atoms with E-state index in [1.54, 1.807) is 7.11 Å². The third kappa shape index (κ3) is 3.27. The van der Waals surface area contributed by atoms with Crippen LogP contribution in [0, 0.1) is 0 Å². The monoisotopic (exact) mass is 373 g/mol. The summed E-state index contributed by atoms with van der Waals surface area (Å²) in [4.78, 5) is 4.24. The average molecular weight is 374 g/mol. The van der Waals surface area contributed by atoms with E-state index in [-0.39, 0.29) is 5.41 Å². The van der Waals surface area contributed by atoms with Gasteiger partial charge in [0.15, 0.2) is 11.5 Å². The van der Waals surface area contributed by atoms with E-state index >= 15 is 0 Å². The van der Waals surface area contributed by atoms with Gasteiger partial charge in [0.05, 0.1) is 11.6 Å². The van der Waals surface area contributed by atoms with Gasteiger partial charge in [0, 0.05) is 18.7 Å². The van der Waals surface area contributed by atoms with Crippen LogP contribution in [0.5, 0.6) is 11.5 Å². The summed E-state index contributed by atoms with van der Waals surface area (Å²) in [6.07, 6.45) is 4.28. The number of benzene rings is 2. The molecule has 4 heteroatoms. The smallest absolute Gasteiger partial charge is 0.176 e. The predicted molar refractivity (Wildman–Crippen MR) is 96.8 cm³/mol. The van der Waals surface area contributed by atoms with Crippen molar-refractivity contribution in [3.05, 3.63) is 58.1 Å². The minimum absolute atomic E-state index is 0.0463. The molecule has 0 spiro atoms. The Morgan fingerprint density at radius 1 is 1.17 bits per heavy atom. The first kappa shape index (κ1) is 16.1. The summed E-state index contributed by atoms with van der Waals surface area (Å²) in [5.41, 5.74) is 2.39. The SMILES string of the molecule is CN=CC1(c2ccc(OC)c(OCc3ccccc3)c2Br)CC1. The number of rotatable bonds is 6. The van der Waals surface area contributed by atoms with E-state index < -0.39 is 0 Å². The van der Waals surface area contributed by atoms with E-state index in [9.17, 15) is 0 Å². The Hall–Kier alpha value is -1.81. The highest BCUT2D eigenvalue weighted by molar-refractivity contribution is 9.10. The molecule has 0 bridgehead atoms. The van der Waals surface area contributed by atoms with Gasteiger partial charge < -0.3 is 9.47 Å². The van der Waals surface area contributed by atoms with Crippen molar-refractivity contribution in [1.82, 2.24) is 0 Å². The van der Waals surface area contributed by atoms with E-state index in [2.05, 4.69) is 39.1 Å². The van der Waals surface area contributed by atoms with Crippen LogP contribution in [0.15, 0.2) is 51.9 Å². The Balaban J connectivity index is 1.91. The van der Waals surface area contributed by atoms with Gasteiger partial charge in [-0.05, 0) is 46.0 Å². The lowest BCUT2D eigenvalue weighted by Crippen LogP contribution is -2.10. The van der Waals surface area contributed by atoms with Crippen LogP contribution in [-0.4, -0.2) is 20.4 Å². The van der Waals surface area contributed by atoms with Gasteiger partial charge in [-0.2, -0.15) is 0 Å². The number of nitrogens with zero attached hydrogens (tertiary/aromatic N) is 1. The number of ether oxygens (including phenoxy) is 2. The van der Waals surface area contributed by atoms with Crippen molar-refractivity contribution in [3.8, 4) is 11.5 Å². The van der Waals surface area contributed by atoms with Gasteiger partial charge in [0.1, 0.15) is 6.61 Å². The molecule has 1 fully saturated rings. The highest BCUT2D eigenvalue weighted by Gasteiger charge is 2.44. The fourth-order valence-electron chi connectivity index (χ4n) is 2.80. The maximum absolute atomic E-state index is 6.07. The first-order valence-electron chi connectivity index (χ1n) is 7.67. The summed E-state index contributed by atoms with van der Waals surface area (Å²) < 4.78 is 12.5. The highest BCUT2D eigenvalue weighted by atomic mass is 79.9. The second-order valence-electron chi connectivity index (χ2n) is 5.78. The average Bonchev–Trinajstić information content (AvgIpc) is 3.35. The second kappa shape index (κ2) is 6.75. The van der Waals surface area contributed by atoms with Crippen molar-refractivity contribution >= 4 is 22.1 Å². The molecule has 0 atom stereocenters. The Kier molecular flexibility index (Phi) is 4.71. The zero-order chi connectivity index (χ0) is 16.3. The van der Waals surface area contributed by atoms with Crippen molar-refractivity contribution in [2.75, 3.05) is 14.2 Å². The summed E-state index contributed by atoms with van der Waals surface area (Å²) in [5.74, 6) is 1.49. The molecule has 3 nitrogen and oxygen atoms in total. The summed E-state index contributed by atoms with van der Waals surface area (Å²) >= 11 is 3.73. The molecule has 23 heavy (non-hydrogen) atoms. The first-order valence-corrected chi connectivity index (χ1v) is 8.46. The Labute approximate surface area is 145 Å². The molecular formula is C19H20BrNO2. The van der Waals surface area contributed by atoms with Crippen LogP contribution >= 0.6 is 15.9 Å². The van der Waals surface area contributed by atoms with Crippen molar-refractivity contribution in [1.29, 1.82) is 0 Å². The van der Waals surface area contributed by atoms with Gasteiger partial charge in [-0.3, -0.25) is 4.99 Å². The number of halogens is 1. The summed E-state index contributed by atoms with van der Waals surface area (Å²) in [6, 6.07) is 14.2. The molecule has 1 aliphatic rings. The molecule has 0 unspecified atom stereocenters. The molecule has 0 amide bonds. The molecule has 1 saturated carbocycles. The molecule has 0 heterocycles. The van der Waals surface area contributed by atoms with Gasteiger partial charge in [0.2, 0.25) is 0 Å². The number of hydrogen-bond acceptors (Lipinski definition) is 3. The number of methoxy groups -OCH3 is 1. The summed E-state index contributed by atoms with van der Waals surface area (Å²) in [7, 11) is 3.49. The minimum Gasteiger partial charge on any atom is -0.493 e. The van der Waals surface area contributed by atoms with Crippen molar-refractivity contribution < 1.29 is 9.47 Å². The third-order valence-corrected chi connectivity index (χ3v) is 5.00. The van der Waals surface area contributed by atoms with Gasteiger partial charge in [-0.1, -0.05) is 36.4 Å². The molecule has 1 aliphatic carbocycles. The molecule has 2 aromatic rings. The molecule has 0 saturated heterocycles. The topological polar surface area (TPSA) is 30.8 Å². The summed E-state index contributed by atoms with van der Waals surface area (Å²) in [5, 5.41) is 0. The standard InChI is InChI=1S/C19H20BrNO2/c1-21-13-19(10-11-19)15-8-9-16(22-2)18(17(15)20)23-12-14-6-4-3-5-7-14/h3-9,13H,10-12H2,1-2H3. The first-order chi connectivity index (χ1) is 11.2. The van der Waals surface area contributed by atoms with Crippen LogP contribution in [0.3, 0.4) is 0 Å². The normalized spacial score (nSPS) is 15.6. The molecule has 0 aromatic heterocycles. The molecule has 2 aromatic carbocycles. The highest BCUT2D eigenvalue weighted by Crippen LogP contribution is 2.52. The maximum Gasteiger partial charge on any atom is 0.176 e. The van der Waals surface area contributed by atoms with E-state index in [1.165, 1.54) is 5.56 Å². The molecule has 120 valence electrons. The molecular weight excluding hydrogens is 354 g/mol. The van der Waals surface area contributed by atoms with E-state index in [0.29, 0.717) is 6.61 Å². The lowest BCUT2D eigenvalue weighted by Gasteiger charge is -2.18. The molecule has 0 aliphatic heterocycles. The molecule has 3 rings (SSSR count). The molecule has 0 N–H and O–H groups in total. The van der Waals surface area contributed by atoms with Crippen LogP contribution in [0.2, 0.25) is 0 Å². The van der Waals surface area contributed by atoms with Gasteiger partial charge >= 0.3 is 0 Å². The van der Waals surface area contributed by atoms with E-state index in [0.717, 1.165) is 34.4 Å². The molecule has 0 radical (unpaired) electrons. The predicted octanol–water partition coefficient (Wildman–Crippen LogP) is 4.77. The Morgan fingerprint density at radius 2 is 1.91 bits per heavy atom. The Morgan fingerprint density at radius 3 is 2.52 bits per heavy atom. The fraction of sp³-hybridized carbons (Fsp3) is 0.316. The minimum atomic E-state index is 0.0463. The van der Waals surface area contributed by atoms with E-state index in [4.69, 9.17) is 9.47 Å². The van der Waals surface area contributed by atoms with Crippen LogP contribution in [0.1, 0.15) is 24.0 Å². The van der Waals surface area contributed by atoms with Crippen molar-refractivity contribution in [3.63, 3.8) is 0 Å². The van der Waals surface area contributed by atoms with Gasteiger partial charge in [-0.25, -0.2) is 0 Å². The Bertz CT molecular complexity index is 709. The second-order valence-corrected chi connectivity index (χ2v) is 6.57. The van der Waals surface area contributed by atoms with E-state index in [1.807, 2.05) is 37.5 Å². The lowest BCUT2D eigenvalue weighted by molar-refractivity contribution is 0.282. The largest absolute Gasteiger partial charge is 0.493 e. The maximum atomic E-state index is 6.07. The lowest BCUT2D eigenvalue weighted by atomic mass is 9.97. The van der Waals surface area contributed by atoms with Gasteiger partial charge in [-0.15, -0.1) is 0 Å². The zero-order valence-electron chi connectivity index (χ0n) is 13.4. The summed E-state index contributed by atoms with van der Waals surface area (Å²) in [6.45, 7) is 0.508. The van der Waals surface area contributed by atoms with Crippen LogP contribution < -0.4 is 9.47 Å². The van der Waals surface area contributed by atoms with Crippen molar-refractivity contribution in [2.24, 2.45) is 4.99 Å². The van der Waals surface area contributed by atoms with Gasteiger partial charge in [0.25, 0.3) is 0 Å². The van der Waals surface area contributed by atoms with Crippen LogP contribution in [-0.2, 0) is 12.0 Å². The quantitative estimate of drug-likeness (QED) is 0.682. The number of hydrogen-bond donors (Lipinski definition) is 0. The zero-order valence-corrected chi connectivity index (χ0v) is 15.0. The van der Waals surface area contributed by atoms with Crippen LogP contribution in [0.25, 0.3) is 0 Å².